The van der Waals surface area contributed by atoms with E-state index in [1.165, 1.54) is 5.56 Å². The summed E-state index contributed by atoms with van der Waals surface area (Å²) in [6, 6.07) is 7.86. The van der Waals surface area contributed by atoms with Crippen molar-refractivity contribution in [3.8, 4) is 0 Å². The lowest BCUT2D eigenvalue weighted by atomic mass is 10.2. The van der Waals surface area contributed by atoms with Crippen LogP contribution in [0.4, 0.5) is 5.69 Å². The number of nitrogens with one attached hydrogen (secondary N) is 1. The molecule has 2 aliphatic rings. The summed E-state index contributed by atoms with van der Waals surface area (Å²) in [5, 5.41) is 2.83. The molecule has 20 heavy (non-hydrogen) atoms. The van der Waals surface area contributed by atoms with Crippen molar-refractivity contribution in [2.24, 2.45) is 0 Å². The first-order chi connectivity index (χ1) is 9.53. The SMILES string of the molecule is O=C(CN1CCc2ccccc21)NC1CCS(=O)(=O)C1. The molecule has 1 N–H and O–H groups in total. The average Bonchev–Trinajstić information content (AvgIpc) is 2.94. The van der Waals surface area contributed by atoms with Crippen molar-refractivity contribution in [1.82, 2.24) is 5.32 Å². The first-order valence-electron chi connectivity index (χ1n) is 6.86. The molecule has 5 nitrogen and oxygen atoms in total. The fourth-order valence-electron chi connectivity index (χ4n) is 2.93. The number of amides is 1. The highest BCUT2D eigenvalue weighted by Gasteiger charge is 2.29. The van der Waals surface area contributed by atoms with Gasteiger partial charge in [-0.2, -0.15) is 0 Å². The van der Waals surface area contributed by atoms with Crippen molar-refractivity contribution in [3.05, 3.63) is 29.8 Å². The van der Waals surface area contributed by atoms with E-state index in [1.807, 2.05) is 23.1 Å². The zero-order valence-corrected chi connectivity index (χ0v) is 12.0. The zero-order chi connectivity index (χ0) is 14.2. The smallest absolute Gasteiger partial charge is 0.239 e. The van der Waals surface area contributed by atoms with Gasteiger partial charge in [-0.05, 0) is 24.5 Å². The van der Waals surface area contributed by atoms with Crippen LogP contribution in [0.2, 0.25) is 0 Å². The molecule has 2 heterocycles. The first-order valence-corrected chi connectivity index (χ1v) is 8.68. The molecule has 0 radical (unpaired) electrons. The number of anilines is 1. The second-order valence-corrected chi connectivity index (χ2v) is 7.70. The molecular weight excluding hydrogens is 276 g/mol. The molecule has 1 unspecified atom stereocenters. The molecule has 1 saturated heterocycles. The molecular formula is C14H18N2O3S. The number of rotatable bonds is 3. The number of sulfone groups is 1. The van der Waals surface area contributed by atoms with Crippen LogP contribution >= 0.6 is 0 Å². The van der Waals surface area contributed by atoms with Gasteiger partial charge in [-0.3, -0.25) is 4.79 Å². The Morgan fingerprint density at radius 1 is 1.35 bits per heavy atom. The zero-order valence-electron chi connectivity index (χ0n) is 11.2. The third kappa shape index (κ3) is 2.80. The molecule has 1 atom stereocenters. The lowest BCUT2D eigenvalue weighted by Gasteiger charge is -2.20. The van der Waals surface area contributed by atoms with Crippen molar-refractivity contribution >= 4 is 21.4 Å². The summed E-state index contributed by atoms with van der Waals surface area (Å²) in [6.45, 7) is 1.14. The summed E-state index contributed by atoms with van der Waals surface area (Å²) in [5.74, 6) is 0.170. The molecule has 0 saturated carbocycles. The second-order valence-electron chi connectivity index (χ2n) is 5.47. The van der Waals surface area contributed by atoms with Gasteiger partial charge in [0.1, 0.15) is 0 Å². The second kappa shape index (κ2) is 5.09. The highest BCUT2D eigenvalue weighted by molar-refractivity contribution is 7.91. The van der Waals surface area contributed by atoms with Crippen LogP contribution in [0.15, 0.2) is 24.3 Å². The number of hydrogen-bond donors (Lipinski definition) is 1. The number of nitrogens with zero attached hydrogens (tertiary/aromatic N) is 1. The Balaban J connectivity index is 1.58. The van der Waals surface area contributed by atoms with Gasteiger partial charge >= 0.3 is 0 Å². The molecule has 6 heteroatoms. The third-order valence-electron chi connectivity index (χ3n) is 3.92. The molecule has 0 spiro atoms. The highest BCUT2D eigenvalue weighted by atomic mass is 32.2. The molecule has 0 bridgehead atoms. The van der Waals surface area contributed by atoms with Crippen molar-refractivity contribution < 1.29 is 13.2 Å². The number of hydrogen-bond acceptors (Lipinski definition) is 4. The fraction of sp³-hybridized carbons (Fsp3) is 0.500. The first kappa shape index (κ1) is 13.4. The Hall–Kier alpha value is -1.56. The van der Waals surface area contributed by atoms with Crippen LogP contribution < -0.4 is 10.2 Å². The van der Waals surface area contributed by atoms with Gasteiger partial charge in [0, 0.05) is 18.3 Å². The minimum absolute atomic E-state index is 0.0787. The van der Waals surface area contributed by atoms with E-state index in [2.05, 4.69) is 11.4 Å². The van der Waals surface area contributed by atoms with Gasteiger partial charge in [-0.25, -0.2) is 8.42 Å². The molecule has 108 valence electrons. The van der Waals surface area contributed by atoms with E-state index in [1.54, 1.807) is 0 Å². The lowest BCUT2D eigenvalue weighted by molar-refractivity contribution is -0.120. The predicted molar refractivity (Wildman–Crippen MR) is 77.6 cm³/mol. The van der Waals surface area contributed by atoms with Crippen LogP contribution in [0.25, 0.3) is 0 Å². The maximum absolute atomic E-state index is 12.0. The van der Waals surface area contributed by atoms with Gasteiger partial charge in [-0.1, -0.05) is 18.2 Å². The molecule has 2 aliphatic heterocycles. The predicted octanol–water partition coefficient (Wildman–Crippen LogP) is 0.352. The van der Waals surface area contributed by atoms with Crippen LogP contribution in [0.1, 0.15) is 12.0 Å². The van der Waals surface area contributed by atoms with Crippen LogP contribution in [-0.4, -0.2) is 45.0 Å². The van der Waals surface area contributed by atoms with Crippen molar-refractivity contribution in [2.45, 2.75) is 18.9 Å². The number of carbonyl (C=O) groups excluding carboxylic acids is 1. The van der Waals surface area contributed by atoms with Gasteiger partial charge < -0.3 is 10.2 Å². The normalized spacial score (nSPS) is 23.6. The number of para-hydroxylation sites is 1. The largest absolute Gasteiger partial charge is 0.362 e. The minimum atomic E-state index is -2.95. The van der Waals surface area contributed by atoms with Crippen molar-refractivity contribution in [2.75, 3.05) is 29.5 Å². The van der Waals surface area contributed by atoms with E-state index in [4.69, 9.17) is 0 Å². The summed E-state index contributed by atoms with van der Waals surface area (Å²) in [4.78, 5) is 14.1. The molecule has 1 fully saturated rings. The minimum Gasteiger partial charge on any atom is -0.362 e. The summed E-state index contributed by atoms with van der Waals surface area (Å²) in [6.07, 6.45) is 1.49. The fourth-order valence-corrected chi connectivity index (χ4v) is 4.60. The topological polar surface area (TPSA) is 66.5 Å². The number of fused-ring (bicyclic) bond motifs is 1. The van der Waals surface area contributed by atoms with Crippen LogP contribution in [0.5, 0.6) is 0 Å². The van der Waals surface area contributed by atoms with Gasteiger partial charge in [0.15, 0.2) is 9.84 Å². The summed E-state index contributed by atoms with van der Waals surface area (Å²) < 4.78 is 22.7. The van der Waals surface area contributed by atoms with Crippen molar-refractivity contribution in [1.29, 1.82) is 0 Å². The Morgan fingerprint density at radius 2 is 2.15 bits per heavy atom. The van der Waals surface area contributed by atoms with Crippen LogP contribution in [0, 0.1) is 0 Å². The van der Waals surface area contributed by atoms with E-state index in [-0.39, 0.29) is 23.5 Å². The monoisotopic (exact) mass is 294 g/mol. The molecule has 0 aliphatic carbocycles. The van der Waals surface area contributed by atoms with E-state index >= 15 is 0 Å². The van der Waals surface area contributed by atoms with E-state index in [9.17, 15) is 13.2 Å². The summed E-state index contributed by atoms with van der Waals surface area (Å²) in [7, 11) is -2.95. The Morgan fingerprint density at radius 3 is 2.90 bits per heavy atom. The van der Waals surface area contributed by atoms with E-state index in [0.29, 0.717) is 13.0 Å². The molecule has 1 amide bonds. The Bertz CT molecular complexity index is 627. The van der Waals surface area contributed by atoms with E-state index < -0.39 is 9.84 Å². The standard InChI is InChI=1S/C14H18N2O3S/c17-14(15-12-6-8-20(18,19)10-12)9-16-7-5-11-3-1-2-4-13(11)16/h1-4,12H,5-10H2,(H,15,17). The highest BCUT2D eigenvalue weighted by Crippen LogP contribution is 2.26. The quantitative estimate of drug-likeness (QED) is 0.874. The number of carbonyl (C=O) groups is 1. The van der Waals surface area contributed by atoms with Gasteiger partial charge in [0.25, 0.3) is 0 Å². The Kier molecular flexibility index (Phi) is 3.41. The molecule has 1 aromatic carbocycles. The summed E-state index contributed by atoms with van der Waals surface area (Å²) in [5.41, 5.74) is 2.38. The summed E-state index contributed by atoms with van der Waals surface area (Å²) >= 11 is 0. The van der Waals surface area contributed by atoms with E-state index in [0.717, 1.165) is 18.7 Å². The average molecular weight is 294 g/mol. The van der Waals surface area contributed by atoms with Crippen LogP contribution in [-0.2, 0) is 21.1 Å². The third-order valence-corrected chi connectivity index (χ3v) is 5.68. The molecule has 3 rings (SSSR count). The maximum atomic E-state index is 12.0. The number of benzene rings is 1. The molecule has 1 aromatic rings. The van der Waals surface area contributed by atoms with Crippen molar-refractivity contribution in [3.63, 3.8) is 0 Å². The van der Waals surface area contributed by atoms with Gasteiger partial charge in [0.05, 0.1) is 18.1 Å². The van der Waals surface area contributed by atoms with Gasteiger partial charge in [-0.15, -0.1) is 0 Å². The maximum Gasteiger partial charge on any atom is 0.239 e. The lowest BCUT2D eigenvalue weighted by Crippen LogP contribution is -2.42. The van der Waals surface area contributed by atoms with Crippen LogP contribution in [0.3, 0.4) is 0 Å². The Labute approximate surface area is 118 Å². The molecule has 0 aromatic heterocycles. The van der Waals surface area contributed by atoms with Gasteiger partial charge in [0.2, 0.25) is 5.91 Å².